The molecule has 0 unspecified atom stereocenters. The van der Waals surface area contributed by atoms with Crippen molar-refractivity contribution in [3.8, 4) is 11.5 Å². The van der Waals surface area contributed by atoms with Crippen molar-refractivity contribution >= 4 is 15.9 Å². The van der Waals surface area contributed by atoms with Gasteiger partial charge in [0.15, 0.2) is 0 Å². The Balaban J connectivity index is 1.66. The van der Waals surface area contributed by atoms with Crippen LogP contribution in [0.1, 0.15) is 43.4 Å². The fourth-order valence-electron chi connectivity index (χ4n) is 3.73. The van der Waals surface area contributed by atoms with E-state index in [1.807, 2.05) is 31.2 Å². The standard InChI is InChI=1S/C23H30N2O5S/c1-17(18-6-9-20(29-2)10-7-18)24-23(26)13-8-19-16-21(11-12-22(19)30-3)31(27,28)25-14-4-5-15-25/h6-7,9-12,16-17H,4-5,8,13-15H2,1-3H3,(H,24,26)/t17-/m1/s1. The highest BCUT2D eigenvalue weighted by molar-refractivity contribution is 7.89. The molecule has 3 rings (SSSR count). The third-order valence-corrected chi connectivity index (χ3v) is 7.46. The highest BCUT2D eigenvalue weighted by Gasteiger charge is 2.27. The third-order valence-electron chi connectivity index (χ3n) is 5.57. The lowest BCUT2D eigenvalue weighted by Gasteiger charge is -2.18. The van der Waals surface area contributed by atoms with Gasteiger partial charge in [-0.25, -0.2) is 8.42 Å². The maximum absolute atomic E-state index is 12.9. The third kappa shape index (κ3) is 5.57. The van der Waals surface area contributed by atoms with Crippen molar-refractivity contribution in [2.24, 2.45) is 0 Å². The number of sulfonamides is 1. The molecule has 2 aromatic rings. The van der Waals surface area contributed by atoms with Crippen LogP contribution in [0.3, 0.4) is 0 Å². The normalized spacial score (nSPS) is 15.5. The minimum Gasteiger partial charge on any atom is -0.497 e. The van der Waals surface area contributed by atoms with Crippen molar-refractivity contribution < 1.29 is 22.7 Å². The van der Waals surface area contributed by atoms with E-state index in [2.05, 4.69) is 5.32 Å². The molecule has 0 aromatic heterocycles. The lowest BCUT2D eigenvalue weighted by Crippen LogP contribution is -2.28. The number of carbonyl (C=O) groups excluding carboxylic acids is 1. The predicted molar refractivity (Wildman–Crippen MR) is 119 cm³/mol. The van der Waals surface area contributed by atoms with Crippen LogP contribution >= 0.6 is 0 Å². The molecular formula is C23H30N2O5S. The van der Waals surface area contributed by atoms with Crippen LogP contribution in [0, 0.1) is 0 Å². The van der Waals surface area contributed by atoms with Crippen LogP contribution in [0.5, 0.6) is 11.5 Å². The number of rotatable bonds is 9. The maximum atomic E-state index is 12.9. The first kappa shape index (κ1) is 23.1. The molecule has 0 aliphatic carbocycles. The van der Waals surface area contributed by atoms with Gasteiger partial charge in [0.1, 0.15) is 11.5 Å². The fraction of sp³-hybridized carbons (Fsp3) is 0.435. The Morgan fingerprint density at radius 2 is 1.74 bits per heavy atom. The first-order valence-corrected chi connectivity index (χ1v) is 11.9. The second-order valence-electron chi connectivity index (χ2n) is 7.65. The Morgan fingerprint density at radius 1 is 1.06 bits per heavy atom. The summed E-state index contributed by atoms with van der Waals surface area (Å²) in [5.74, 6) is 1.23. The molecule has 1 heterocycles. The van der Waals surface area contributed by atoms with E-state index in [9.17, 15) is 13.2 Å². The minimum atomic E-state index is -3.52. The van der Waals surface area contributed by atoms with E-state index in [-0.39, 0.29) is 23.3 Å². The van der Waals surface area contributed by atoms with Crippen molar-refractivity contribution in [1.82, 2.24) is 9.62 Å². The van der Waals surface area contributed by atoms with Crippen LogP contribution < -0.4 is 14.8 Å². The number of benzene rings is 2. The number of ether oxygens (including phenoxy) is 2. The van der Waals surface area contributed by atoms with Crippen molar-refractivity contribution in [2.45, 2.75) is 43.5 Å². The summed E-state index contributed by atoms with van der Waals surface area (Å²) in [5.41, 5.74) is 1.68. The van der Waals surface area contributed by atoms with Crippen LogP contribution in [0.15, 0.2) is 47.4 Å². The number of methoxy groups -OCH3 is 2. The first-order chi connectivity index (χ1) is 14.8. The van der Waals surface area contributed by atoms with Gasteiger partial charge in [-0.3, -0.25) is 4.79 Å². The number of nitrogens with zero attached hydrogens (tertiary/aromatic N) is 1. The number of aryl methyl sites for hydroxylation is 1. The van der Waals surface area contributed by atoms with E-state index in [4.69, 9.17) is 9.47 Å². The molecule has 1 saturated heterocycles. The second kappa shape index (κ2) is 10.2. The van der Waals surface area contributed by atoms with Gasteiger partial charge in [0.2, 0.25) is 15.9 Å². The Kier molecular flexibility index (Phi) is 7.56. The lowest BCUT2D eigenvalue weighted by atomic mass is 10.1. The van der Waals surface area contributed by atoms with Crippen molar-refractivity contribution in [3.05, 3.63) is 53.6 Å². The molecule has 1 aliphatic rings. The zero-order valence-electron chi connectivity index (χ0n) is 18.3. The van der Waals surface area contributed by atoms with Gasteiger partial charge in [-0.1, -0.05) is 12.1 Å². The minimum absolute atomic E-state index is 0.113. The van der Waals surface area contributed by atoms with Gasteiger partial charge in [0.25, 0.3) is 0 Å². The van der Waals surface area contributed by atoms with Crippen molar-refractivity contribution in [1.29, 1.82) is 0 Å². The monoisotopic (exact) mass is 446 g/mol. The Labute approximate surface area is 184 Å². The molecule has 0 spiro atoms. The van der Waals surface area contributed by atoms with Crippen LogP contribution in [0.25, 0.3) is 0 Å². The number of carbonyl (C=O) groups is 1. The first-order valence-electron chi connectivity index (χ1n) is 10.5. The van der Waals surface area contributed by atoms with Gasteiger partial charge < -0.3 is 14.8 Å². The molecule has 168 valence electrons. The van der Waals surface area contributed by atoms with E-state index < -0.39 is 10.0 Å². The smallest absolute Gasteiger partial charge is 0.243 e. The number of hydrogen-bond donors (Lipinski definition) is 1. The predicted octanol–water partition coefficient (Wildman–Crippen LogP) is 3.30. The molecule has 1 fully saturated rings. The van der Waals surface area contributed by atoms with Crippen LogP contribution in [0.2, 0.25) is 0 Å². The van der Waals surface area contributed by atoms with Crippen molar-refractivity contribution in [2.75, 3.05) is 27.3 Å². The average molecular weight is 447 g/mol. The Hall–Kier alpha value is -2.58. The van der Waals surface area contributed by atoms with E-state index >= 15 is 0 Å². The van der Waals surface area contributed by atoms with Gasteiger partial charge in [-0.2, -0.15) is 4.31 Å². The molecular weight excluding hydrogens is 416 g/mol. The van der Waals surface area contributed by atoms with E-state index in [1.165, 1.54) is 4.31 Å². The second-order valence-corrected chi connectivity index (χ2v) is 9.59. The van der Waals surface area contributed by atoms with E-state index in [0.717, 1.165) is 24.2 Å². The lowest BCUT2D eigenvalue weighted by molar-refractivity contribution is -0.121. The zero-order chi connectivity index (χ0) is 22.4. The van der Waals surface area contributed by atoms with Gasteiger partial charge in [0.05, 0.1) is 25.2 Å². The summed E-state index contributed by atoms with van der Waals surface area (Å²) in [5, 5.41) is 2.98. The topological polar surface area (TPSA) is 84.9 Å². The molecule has 1 atom stereocenters. The van der Waals surface area contributed by atoms with Crippen LogP contribution in [-0.2, 0) is 21.2 Å². The number of nitrogens with one attached hydrogen (secondary N) is 1. The van der Waals surface area contributed by atoms with Gasteiger partial charge in [0, 0.05) is 19.5 Å². The van der Waals surface area contributed by atoms with Crippen LogP contribution in [0.4, 0.5) is 0 Å². The zero-order valence-corrected chi connectivity index (χ0v) is 19.1. The molecule has 8 heteroatoms. The Morgan fingerprint density at radius 3 is 2.35 bits per heavy atom. The summed E-state index contributed by atoms with van der Waals surface area (Å²) in [4.78, 5) is 12.8. The molecule has 31 heavy (non-hydrogen) atoms. The molecule has 1 aliphatic heterocycles. The summed E-state index contributed by atoms with van der Waals surface area (Å²) in [6.07, 6.45) is 2.38. The highest BCUT2D eigenvalue weighted by Crippen LogP contribution is 2.27. The molecule has 0 radical (unpaired) electrons. The molecule has 0 saturated carbocycles. The summed E-state index contributed by atoms with van der Waals surface area (Å²) >= 11 is 0. The summed E-state index contributed by atoms with van der Waals surface area (Å²) < 4.78 is 37.8. The number of amides is 1. The van der Waals surface area contributed by atoms with Gasteiger partial charge >= 0.3 is 0 Å². The molecule has 1 N–H and O–H groups in total. The average Bonchev–Trinajstić information content (AvgIpc) is 3.33. The SMILES string of the molecule is COc1ccc([C@@H](C)NC(=O)CCc2cc(S(=O)(=O)N3CCCC3)ccc2OC)cc1. The van der Waals surface area contributed by atoms with Gasteiger partial charge in [-0.05, 0) is 67.6 Å². The van der Waals surface area contributed by atoms with Crippen molar-refractivity contribution in [3.63, 3.8) is 0 Å². The van der Waals surface area contributed by atoms with E-state index in [1.54, 1.807) is 32.4 Å². The van der Waals surface area contributed by atoms with E-state index in [0.29, 0.717) is 30.8 Å². The maximum Gasteiger partial charge on any atom is 0.243 e. The molecule has 0 bridgehead atoms. The summed E-state index contributed by atoms with van der Waals surface area (Å²) in [7, 11) is -0.367. The number of hydrogen-bond acceptors (Lipinski definition) is 5. The molecule has 2 aromatic carbocycles. The van der Waals surface area contributed by atoms with Gasteiger partial charge in [-0.15, -0.1) is 0 Å². The molecule has 1 amide bonds. The Bertz CT molecular complexity index is 999. The quantitative estimate of drug-likeness (QED) is 0.639. The van der Waals surface area contributed by atoms with Crippen LogP contribution in [-0.4, -0.2) is 45.9 Å². The summed E-state index contributed by atoms with van der Waals surface area (Å²) in [6, 6.07) is 12.3. The highest BCUT2D eigenvalue weighted by atomic mass is 32.2. The largest absolute Gasteiger partial charge is 0.497 e. The fourth-order valence-corrected chi connectivity index (χ4v) is 5.29. The molecule has 7 nitrogen and oxygen atoms in total. The summed E-state index contributed by atoms with van der Waals surface area (Å²) in [6.45, 7) is 3.02.